The Kier molecular flexibility index (Phi) is 7.96. The summed E-state index contributed by atoms with van der Waals surface area (Å²) in [6.45, 7) is 7.03. The van der Waals surface area contributed by atoms with Gasteiger partial charge in [-0.2, -0.15) is 0 Å². The Morgan fingerprint density at radius 3 is 1.77 bits per heavy atom. The lowest BCUT2D eigenvalue weighted by atomic mass is 10.0. The number of hydrogen-bond acceptors (Lipinski definition) is 6. The Balaban J connectivity index is 0.000000165. The average Bonchev–Trinajstić information content (AvgIpc) is 3.41. The van der Waals surface area contributed by atoms with Crippen molar-refractivity contribution in [3.8, 4) is 11.8 Å². The monoisotopic (exact) mass is 516 g/mol. The topological polar surface area (TPSA) is 97.8 Å². The number of nitrogens with zero attached hydrogens (tertiary/aromatic N) is 2. The van der Waals surface area contributed by atoms with Crippen molar-refractivity contribution in [3.05, 3.63) is 106 Å². The zero-order valence-electron chi connectivity index (χ0n) is 21.7. The van der Waals surface area contributed by atoms with Crippen LogP contribution in [0.3, 0.4) is 0 Å². The molecule has 0 saturated heterocycles. The van der Waals surface area contributed by atoms with Crippen LogP contribution in [0.5, 0.6) is 5.75 Å². The maximum absolute atomic E-state index is 12.0. The van der Waals surface area contributed by atoms with Gasteiger partial charge in [-0.15, -0.1) is 0 Å². The normalized spacial score (nSPS) is 14.3. The van der Waals surface area contributed by atoms with Gasteiger partial charge in [-0.05, 0) is 69.1 Å². The number of Topliss-reactive ketones (excluding diaryl/α,β-unsaturated/α-hetero) is 3. The van der Waals surface area contributed by atoms with Crippen LogP contribution in [-0.4, -0.2) is 38.7 Å². The molecule has 7 heteroatoms. The lowest BCUT2D eigenvalue weighted by Gasteiger charge is -2.04. The van der Waals surface area contributed by atoms with Crippen LogP contribution in [0.1, 0.15) is 49.5 Å². The zero-order chi connectivity index (χ0) is 28.1. The molecule has 4 aromatic carbocycles. The minimum Gasteiger partial charge on any atom is -0.497 e. The fourth-order valence-electron chi connectivity index (χ4n) is 4.64. The minimum atomic E-state index is -0.0882. The zero-order valence-corrected chi connectivity index (χ0v) is 21.7. The van der Waals surface area contributed by atoms with Crippen molar-refractivity contribution in [2.75, 3.05) is 21.3 Å². The van der Waals surface area contributed by atoms with Gasteiger partial charge >= 0.3 is 0 Å². The van der Waals surface area contributed by atoms with E-state index < -0.39 is 0 Å². The van der Waals surface area contributed by atoms with Crippen molar-refractivity contribution in [2.45, 2.75) is 12.8 Å². The highest BCUT2D eigenvalue weighted by atomic mass is 16.5. The number of carbonyl (C=O) groups is 3. The van der Waals surface area contributed by atoms with E-state index in [1.54, 1.807) is 33.5 Å². The second kappa shape index (κ2) is 11.5. The fourth-order valence-corrected chi connectivity index (χ4v) is 4.64. The summed E-state index contributed by atoms with van der Waals surface area (Å²) in [6, 6.07) is 22.5. The maximum atomic E-state index is 12.0. The lowest BCUT2D eigenvalue weighted by Crippen LogP contribution is -1.91. The third kappa shape index (κ3) is 5.31. The van der Waals surface area contributed by atoms with Gasteiger partial charge in [0.2, 0.25) is 0 Å². The first kappa shape index (κ1) is 26.9. The highest BCUT2D eigenvalue weighted by Gasteiger charge is 2.28. The Morgan fingerprint density at radius 1 is 0.744 bits per heavy atom. The molecule has 0 unspecified atom stereocenters. The summed E-state index contributed by atoms with van der Waals surface area (Å²) >= 11 is 0. The van der Waals surface area contributed by atoms with E-state index in [0.717, 1.165) is 32.9 Å². The number of ketones is 3. The molecule has 2 aliphatic rings. The molecule has 2 aliphatic carbocycles. The van der Waals surface area contributed by atoms with Crippen molar-refractivity contribution in [1.82, 2.24) is 0 Å². The molecule has 0 N–H and O–H groups in total. The van der Waals surface area contributed by atoms with Gasteiger partial charge in [-0.1, -0.05) is 30.3 Å². The van der Waals surface area contributed by atoms with Crippen LogP contribution in [0, 0.1) is 17.9 Å². The van der Waals surface area contributed by atoms with Gasteiger partial charge < -0.3 is 9.47 Å². The molecule has 0 radical (unpaired) electrons. The molecule has 39 heavy (non-hydrogen) atoms. The van der Waals surface area contributed by atoms with Crippen molar-refractivity contribution in [2.24, 2.45) is 0 Å². The fraction of sp³-hybridized carbons (Fsp3) is 0.156. The predicted molar refractivity (Wildman–Crippen MR) is 149 cm³/mol. The summed E-state index contributed by atoms with van der Waals surface area (Å²) in [4.78, 5) is 38.4. The van der Waals surface area contributed by atoms with Gasteiger partial charge in [0.25, 0.3) is 5.70 Å². The van der Waals surface area contributed by atoms with E-state index in [4.69, 9.17) is 16.6 Å². The highest BCUT2D eigenvalue weighted by molar-refractivity contribution is 6.25. The largest absolute Gasteiger partial charge is 0.497 e. The van der Waals surface area contributed by atoms with Crippen molar-refractivity contribution in [1.29, 1.82) is 5.26 Å². The van der Waals surface area contributed by atoms with Crippen LogP contribution in [0.15, 0.2) is 72.4 Å². The van der Waals surface area contributed by atoms with Gasteiger partial charge in [0.05, 0.1) is 26.2 Å². The van der Waals surface area contributed by atoms with Crippen LogP contribution >= 0.6 is 0 Å². The van der Waals surface area contributed by atoms with Crippen molar-refractivity contribution in [3.63, 3.8) is 0 Å². The molecule has 0 aromatic heterocycles. The van der Waals surface area contributed by atoms with Crippen LogP contribution in [0.4, 0.5) is 0 Å². The van der Waals surface area contributed by atoms with Gasteiger partial charge in [0.15, 0.2) is 17.3 Å². The van der Waals surface area contributed by atoms with E-state index in [9.17, 15) is 14.4 Å². The van der Waals surface area contributed by atoms with E-state index in [1.807, 2.05) is 60.7 Å². The number of allylic oxidation sites excluding steroid dienone is 2. The van der Waals surface area contributed by atoms with Crippen LogP contribution < -0.4 is 4.74 Å². The predicted octanol–water partition coefficient (Wildman–Crippen LogP) is 6.46. The Bertz CT molecular complexity index is 1750. The van der Waals surface area contributed by atoms with E-state index >= 15 is 0 Å². The van der Waals surface area contributed by atoms with E-state index in [2.05, 4.69) is 9.58 Å². The molecule has 7 nitrogen and oxygen atoms in total. The summed E-state index contributed by atoms with van der Waals surface area (Å²) < 4.78 is 9.39. The molecule has 0 aliphatic heterocycles. The molecule has 0 heterocycles. The summed E-state index contributed by atoms with van der Waals surface area (Å²) in [5.41, 5.74) is 3.01. The molecular formula is C32H24N2O5. The minimum absolute atomic E-state index is 0.00277. The van der Waals surface area contributed by atoms with E-state index in [0.29, 0.717) is 22.3 Å². The molecule has 4 aromatic rings. The quantitative estimate of drug-likeness (QED) is 0.164. The van der Waals surface area contributed by atoms with Gasteiger partial charge in [0, 0.05) is 37.3 Å². The maximum Gasteiger partial charge on any atom is 0.266 e. The number of methoxy groups -OCH3 is 2. The van der Waals surface area contributed by atoms with Crippen molar-refractivity contribution < 1.29 is 23.9 Å². The van der Waals surface area contributed by atoms with Crippen LogP contribution in [0.25, 0.3) is 32.0 Å². The summed E-state index contributed by atoms with van der Waals surface area (Å²) in [7, 11) is 4.85. The Labute approximate surface area is 225 Å². The summed E-state index contributed by atoms with van der Waals surface area (Å²) in [5.74, 6) is 0.554. The Morgan fingerprint density at radius 2 is 1.23 bits per heavy atom. The summed E-state index contributed by atoms with van der Waals surface area (Å²) in [6.07, 6.45) is 0.152. The molecule has 0 fully saturated rings. The number of nitriles is 1. The molecule has 0 spiro atoms. The van der Waals surface area contributed by atoms with Gasteiger partial charge in [0.1, 0.15) is 5.75 Å². The molecule has 0 bridgehead atoms. The molecule has 0 atom stereocenters. The third-order valence-corrected chi connectivity index (χ3v) is 6.46. The summed E-state index contributed by atoms with van der Waals surface area (Å²) in [5, 5.41) is 12.9. The SMILES string of the molecule is COC.COc1ccc2cc3c(cc2c1)C(=O)CC3=O.[C-]#[N+]/C(C#N)=C1/CC(=O)c2cc3ccccc3cc21. The van der Waals surface area contributed by atoms with Gasteiger partial charge in [-0.3, -0.25) is 14.4 Å². The smallest absolute Gasteiger partial charge is 0.266 e. The number of ether oxygens (including phenoxy) is 2. The number of benzene rings is 4. The first-order chi connectivity index (χ1) is 18.8. The van der Waals surface area contributed by atoms with Crippen LogP contribution in [-0.2, 0) is 4.74 Å². The number of fused-ring (bicyclic) bond motifs is 4. The van der Waals surface area contributed by atoms with Gasteiger partial charge in [-0.25, -0.2) is 10.1 Å². The number of hydrogen-bond donors (Lipinski definition) is 0. The standard InChI is InChI=1S/C16H8N2O.C14H10O3.C2H6O/c1-18-15(9-17)13-8-16(19)14-7-11-5-3-2-4-10(11)6-12(13)14;1-17-10-3-2-8-5-11-12(6-9(8)4-10)14(16)7-13(11)15;1-3-2/h2-7H,8H2;2-6H,7H2,1H3;1-2H3/b15-13-;;. The molecule has 0 amide bonds. The first-order valence-corrected chi connectivity index (χ1v) is 12.0. The molecule has 0 saturated carbocycles. The Hall–Kier alpha value is -5.11. The lowest BCUT2D eigenvalue weighted by molar-refractivity contribution is 0.0921. The first-order valence-electron chi connectivity index (χ1n) is 12.0. The number of carbonyl (C=O) groups excluding carboxylic acids is 3. The van der Waals surface area contributed by atoms with E-state index in [1.165, 1.54) is 0 Å². The third-order valence-electron chi connectivity index (χ3n) is 6.46. The second-order valence-corrected chi connectivity index (χ2v) is 8.94. The highest BCUT2D eigenvalue weighted by Crippen LogP contribution is 2.37. The number of rotatable bonds is 1. The average molecular weight is 517 g/mol. The van der Waals surface area contributed by atoms with Crippen LogP contribution in [0.2, 0.25) is 0 Å². The second-order valence-electron chi connectivity index (χ2n) is 8.94. The molecule has 6 rings (SSSR count). The molecular weight excluding hydrogens is 492 g/mol. The molecule has 192 valence electrons. The van der Waals surface area contributed by atoms with Crippen molar-refractivity contribution >= 4 is 44.5 Å². The van der Waals surface area contributed by atoms with E-state index in [-0.39, 0.29) is 35.9 Å².